The Kier molecular flexibility index (Phi) is 3.35. The quantitative estimate of drug-likeness (QED) is 0.753. The number of benzene rings is 1. The molecule has 18 heavy (non-hydrogen) atoms. The molecule has 2 aromatic rings. The fourth-order valence-electron chi connectivity index (χ4n) is 1.61. The van der Waals surface area contributed by atoms with E-state index in [4.69, 9.17) is 5.26 Å². The van der Waals surface area contributed by atoms with Gasteiger partial charge in [-0.05, 0) is 35.4 Å². The molecule has 0 saturated carbocycles. The minimum Gasteiger partial charge on any atom is -0.465 e. The van der Waals surface area contributed by atoms with Crippen molar-refractivity contribution in [3.8, 4) is 17.2 Å². The van der Waals surface area contributed by atoms with Crippen molar-refractivity contribution in [3.63, 3.8) is 0 Å². The molecule has 4 heteroatoms. The van der Waals surface area contributed by atoms with Gasteiger partial charge in [0.1, 0.15) is 11.8 Å². The first-order valence-corrected chi connectivity index (χ1v) is 5.29. The summed E-state index contributed by atoms with van der Waals surface area (Å²) in [6.45, 7) is 0. The van der Waals surface area contributed by atoms with Crippen LogP contribution >= 0.6 is 0 Å². The average molecular weight is 238 g/mol. The molecule has 0 aliphatic heterocycles. The maximum atomic E-state index is 11.4. The number of esters is 1. The van der Waals surface area contributed by atoms with Crippen LogP contribution in [0.25, 0.3) is 11.1 Å². The van der Waals surface area contributed by atoms with Gasteiger partial charge in [0.2, 0.25) is 0 Å². The summed E-state index contributed by atoms with van der Waals surface area (Å²) in [7, 11) is 1.34. The predicted molar refractivity (Wildman–Crippen MR) is 65.7 cm³/mol. The van der Waals surface area contributed by atoms with Crippen LogP contribution in [0.5, 0.6) is 0 Å². The molecule has 1 heterocycles. The molecule has 0 spiro atoms. The Morgan fingerprint density at radius 2 is 2.06 bits per heavy atom. The highest BCUT2D eigenvalue weighted by Gasteiger charge is 2.07. The number of carbonyl (C=O) groups excluding carboxylic acids is 1. The van der Waals surface area contributed by atoms with Gasteiger partial charge in [0.15, 0.2) is 0 Å². The molecule has 0 fully saturated rings. The van der Waals surface area contributed by atoms with Gasteiger partial charge in [-0.25, -0.2) is 9.78 Å². The largest absolute Gasteiger partial charge is 0.465 e. The fraction of sp³-hybridized carbons (Fsp3) is 0.0714. The lowest BCUT2D eigenvalue weighted by Crippen LogP contribution is -2.00. The first kappa shape index (κ1) is 11.8. The minimum absolute atomic E-state index is 0.343. The molecule has 88 valence electrons. The molecule has 1 aromatic heterocycles. The van der Waals surface area contributed by atoms with Gasteiger partial charge < -0.3 is 4.74 Å². The first-order chi connectivity index (χ1) is 8.74. The second-order valence-corrected chi connectivity index (χ2v) is 3.61. The molecule has 4 nitrogen and oxygen atoms in total. The highest BCUT2D eigenvalue weighted by Crippen LogP contribution is 2.20. The van der Waals surface area contributed by atoms with Crippen LogP contribution in [0, 0.1) is 11.3 Å². The third kappa shape index (κ3) is 2.36. The Balaban J connectivity index is 2.45. The van der Waals surface area contributed by atoms with E-state index in [1.807, 2.05) is 12.1 Å². The van der Waals surface area contributed by atoms with Crippen LogP contribution in [-0.2, 0) is 4.74 Å². The second-order valence-electron chi connectivity index (χ2n) is 3.61. The van der Waals surface area contributed by atoms with E-state index in [1.54, 1.807) is 36.5 Å². The summed E-state index contributed by atoms with van der Waals surface area (Å²) in [5.74, 6) is -0.383. The van der Waals surface area contributed by atoms with Crippen LogP contribution in [0.1, 0.15) is 16.1 Å². The molecule has 0 aliphatic rings. The number of hydrogen-bond donors (Lipinski definition) is 0. The van der Waals surface area contributed by atoms with E-state index in [9.17, 15) is 4.79 Å². The molecule has 2 rings (SSSR count). The summed E-state index contributed by atoms with van der Waals surface area (Å²) in [4.78, 5) is 15.3. The third-order valence-electron chi connectivity index (χ3n) is 2.49. The van der Waals surface area contributed by atoms with E-state index in [0.717, 1.165) is 11.1 Å². The van der Waals surface area contributed by atoms with Gasteiger partial charge in [0.25, 0.3) is 0 Å². The summed E-state index contributed by atoms with van der Waals surface area (Å²) >= 11 is 0. The molecular weight excluding hydrogens is 228 g/mol. The van der Waals surface area contributed by atoms with Crippen molar-refractivity contribution in [2.75, 3.05) is 7.11 Å². The van der Waals surface area contributed by atoms with Crippen molar-refractivity contribution < 1.29 is 9.53 Å². The van der Waals surface area contributed by atoms with E-state index < -0.39 is 0 Å². The van der Waals surface area contributed by atoms with Crippen molar-refractivity contribution in [1.82, 2.24) is 4.98 Å². The Bertz CT molecular complexity index is 630. The van der Waals surface area contributed by atoms with Gasteiger partial charge in [0, 0.05) is 6.20 Å². The zero-order valence-corrected chi connectivity index (χ0v) is 9.75. The lowest BCUT2D eigenvalue weighted by molar-refractivity contribution is 0.0601. The number of aromatic nitrogens is 1. The van der Waals surface area contributed by atoms with Crippen molar-refractivity contribution in [3.05, 3.63) is 53.9 Å². The first-order valence-electron chi connectivity index (χ1n) is 5.29. The Morgan fingerprint density at radius 3 is 2.78 bits per heavy atom. The summed E-state index contributed by atoms with van der Waals surface area (Å²) < 4.78 is 4.67. The van der Waals surface area contributed by atoms with E-state index in [2.05, 4.69) is 9.72 Å². The van der Waals surface area contributed by atoms with Crippen molar-refractivity contribution >= 4 is 5.97 Å². The number of carbonyl (C=O) groups is 1. The average Bonchev–Trinajstić information content (AvgIpc) is 2.46. The molecule has 0 amide bonds. The van der Waals surface area contributed by atoms with Gasteiger partial charge in [-0.2, -0.15) is 5.26 Å². The minimum atomic E-state index is -0.383. The second kappa shape index (κ2) is 5.11. The predicted octanol–water partition coefficient (Wildman–Crippen LogP) is 2.41. The van der Waals surface area contributed by atoms with Crippen LogP contribution in [0.3, 0.4) is 0 Å². The summed E-state index contributed by atoms with van der Waals surface area (Å²) in [6, 6.07) is 12.5. The maximum Gasteiger partial charge on any atom is 0.337 e. The normalized spacial score (nSPS) is 9.56. The standard InChI is InChI=1S/C14H10N2O2/c1-18-14(17)12-4-2-3-10(7-12)11-5-6-16-13(8-11)9-15/h2-8H,1H3. The number of rotatable bonds is 2. The number of methoxy groups -OCH3 is 1. The topological polar surface area (TPSA) is 63.0 Å². The number of hydrogen-bond acceptors (Lipinski definition) is 4. The van der Waals surface area contributed by atoms with Gasteiger partial charge in [-0.15, -0.1) is 0 Å². The highest BCUT2D eigenvalue weighted by atomic mass is 16.5. The van der Waals surface area contributed by atoms with Crippen molar-refractivity contribution in [2.45, 2.75) is 0 Å². The van der Waals surface area contributed by atoms with Crippen LogP contribution in [-0.4, -0.2) is 18.1 Å². The maximum absolute atomic E-state index is 11.4. The Morgan fingerprint density at radius 1 is 1.28 bits per heavy atom. The zero-order chi connectivity index (χ0) is 13.0. The van der Waals surface area contributed by atoms with E-state index >= 15 is 0 Å². The van der Waals surface area contributed by atoms with Crippen LogP contribution in [0.2, 0.25) is 0 Å². The van der Waals surface area contributed by atoms with Gasteiger partial charge in [0.05, 0.1) is 12.7 Å². The molecule has 0 unspecified atom stereocenters. The molecule has 0 radical (unpaired) electrons. The third-order valence-corrected chi connectivity index (χ3v) is 2.49. The Hall–Kier alpha value is -2.67. The molecule has 1 aromatic carbocycles. The van der Waals surface area contributed by atoms with Crippen LogP contribution in [0.15, 0.2) is 42.6 Å². The van der Waals surface area contributed by atoms with Gasteiger partial charge in [-0.3, -0.25) is 0 Å². The molecule has 0 aliphatic carbocycles. The summed E-state index contributed by atoms with van der Waals surface area (Å²) in [5, 5.41) is 8.80. The molecule has 0 bridgehead atoms. The van der Waals surface area contributed by atoms with Crippen molar-refractivity contribution in [2.24, 2.45) is 0 Å². The van der Waals surface area contributed by atoms with E-state index in [-0.39, 0.29) is 5.97 Å². The van der Waals surface area contributed by atoms with E-state index in [0.29, 0.717) is 11.3 Å². The molecule has 0 atom stereocenters. The highest BCUT2D eigenvalue weighted by molar-refractivity contribution is 5.90. The lowest BCUT2D eigenvalue weighted by atomic mass is 10.0. The van der Waals surface area contributed by atoms with Gasteiger partial charge >= 0.3 is 5.97 Å². The van der Waals surface area contributed by atoms with E-state index in [1.165, 1.54) is 7.11 Å². The molecule has 0 N–H and O–H groups in total. The fourth-order valence-corrected chi connectivity index (χ4v) is 1.61. The summed E-state index contributed by atoms with van der Waals surface area (Å²) in [6.07, 6.45) is 1.57. The lowest BCUT2D eigenvalue weighted by Gasteiger charge is -2.04. The van der Waals surface area contributed by atoms with Crippen LogP contribution in [0.4, 0.5) is 0 Å². The number of pyridine rings is 1. The number of nitrogens with zero attached hydrogens (tertiary/aromatic N) is 2. The summed E-state index contributed by atoms with van der Waals surface area (Å²) in [5.41, 5.74) is 2.50. The number of nitriles is 1. The monoisotopic (exact) mass is 238 g/mol. The van der Waals surface area contributed by atoms with Crippen molar-refractivity contribution in [1.29, 1.82) is 5.26 Å². The molecular formula is C14H10N2O2. The number of ether oxygens (including phenoxy) is 1. The zero-order valence-electron chi connectivity index (χ0n) is 9.75. The van der Waals surface area contributed by atoms with Crippen LogP contribution < -0.4 is 0 Å². The SMILES string of the molecule is COC(=O)c1cccc(-c2ccnc(C#N)c2)c1. The molecule has 0 saturated heterocycles. The van der Waals surface area contributed by atoms with Gasteiger partial charge in [-0.1, -0.05) is 12.1 Å². The Labute approximate surface area is 104 Å². The smallest absolute Gasteiger partial charge is 0.337 e.